The Hall–Kier alpha value is -0.970. The molecule has 0 aromatic carbocycles. The number of thioether (sulfide) groups is 1. The lowest BCUT2D eigenvalue weighted by molar-refractivity contribution is -0.122. The van der Waals surface area contributed by atoms with Crippen molar-refractivity contribution in [2.75, 3.05) is 0 Å². The summed E-state index contributed by atoms with van der Waals surface area (Å²) < 4.78 is 0. The van der Waals surface area contributed by atoms with Gasteiger partial charge in [-0.3, -0.25) is 10.1 Å². The summed E-state index contributed by atoms with van der Waals surface area (Å²) in [5, 5.41) is 2.50. The molecule has 4 nitrogen and oxygen atoms in total. The molecule has 1 amide bonds. The Bertz CT molecular complexity index is 335. The lowest BCUT2D eigenvalue weighted by Gasteiger charge is -2.20. The Morgan fingerprint density at radius 1 is 1.64 bits per heavy atom. The van der Waals surface area contributed by atoms with Gasteiger partial charge in [-0.05, 0) is 10.8 Å². The summed E-state index contributed by atoms with van der Waals surface area (Å²) in [5.74, 6) is 0.521. The van der Waals surface area contributed by atoms with Crippen LogP contribution >= 0.6 is 11.8 Å². The fourth-order valence-corrected chi connectivity index (χ4v) is 2.82. The summed E-state index contributed by atoms with van der Waals surface area (Å²) in [5.41, 5.74) is 5.48. The van der Waals surface area contributed by atoms with E-state index >= 15 is 0 Å². The highest BCUT2D eigenvalue weighted by Crippen LogP contribution is 2.41. The highest BCUT2D eigenvalue weighted by atomic mass is 32.2. The number of nitrogens with zero attached hydrogens (tertiary/aromatic N) is 1. The average molecular weight is 211 g/mol. The molecule has 2 heterocycles. The lowest BCUT2D eigenvalue weighted by atomic mass is 10.0. The second kappa shape index (κ2) is 3.31. The molecule has 2 rings (SSSR count). The van der Waals surface area contributed by atoms with E-state index in [1.54, 1.807) is 11.8 Å². The summed E-state index contributed by atoms with van der Waals surface area (Å²) in [6, 6.07) is 0. The molecule has 5 heteroatoms. The molecule has 0 aromatic rings. The van der Waals surface area contributed by atoms with Gasteiger partial charge in [0, 0.05) is 0 Å². The van der Waals surface area contributed by atoms with Gasteiger partial charge in [-0.2, -0.15) is 0 Å². The molecule has 2 atom stereocenters. The van der Waals surface area contributed by atoms with Crippen molar-refractivity contribution in [3.63, 3.8) is 0 Å². The molecule has 0 saturated carbocycles. The number of hydrogen-bond acceptors (Lipinski definition) is 4. The van der Waals surface area contributed by atoms with E-state index in [4.69, 9.17) is 5.73 Å². The number of guanidine groups is 1. The highest BCUT2D eigenvalue weighted by Gasteiger charge is 2.37. The average Bonchev–Trinajstić information content (AvgIpc) is 2.47. The molecule has 0 bridgehead atoms. The largest absolute Gasteiger partial charge is 0.370 e. The normalized spacial score (nSPS) is 30.9. The molecule has 14 heavy (non-hydrogen) atoms. The topological polar surface area (TPSA) is 67.5 Å². The van der Waals surface area contributed by atoms with E-state index in [1.807, 2.05) is 6.08 Å². The molecule has 2 unspecified atom stereocenters. The minimum Gasteiger partial charge on any atom is -0.370 e. The van der Waals surface area contributed by atoms with Crippen molar-refractivity contribution in [3.8, 4) is 0 Å². The van der Waals surface area contributed by atoms with Gasteiger partial charge < -0.3 is 5.73 Å². The maximum atomic E-state index is 11.5. The molecule has 76 valence electrons. The van der Waals surface area contributed by atoms with E-state index in [0.29, 0.717) is 5.92 Å². The minimum absolute atomic E-state index is 0.0364. The maximum absolute atomic E-state index is 11.5. The molecule has 0 radical (unpaired) electrons. The van der Waals surface area contributed by atoms with Crippen LogP contribution in [0.25, 0.3) is 0 Å². The van der Waals surface area contributed by atoms with Crippen LogP contribution in [-0.2, 0) is 4.79 Å². The Kier molecular flexibility index (Phi) is 2.26. The van der Waals surface area contributed by atoms with Crippen molar-refractivity contribution in [1.29, 1.82) is 0 Å². The molecule has 2 aliphatic heterocycles. The van der Waals surface area contributed by atoms with Crippen LogP contribution in [0, 0.1) is 11.8 Å². The number of carbonyl (C=O) groups is 1. The van der Waals surface area contributed by atoms with Crippen molar-refractivity contribution < 1.29 is 4.79 Å². The smallest absolute Gasteiger partial charge is 0.236 e. The third-order valence-electron chi connectivity index (χ3n) is 2.30. The van der Waals surface area contributed by atoms with Gasteiger partial charge in [-0.1, -0.05) is 19.9 Å². The minimum atomic E-state index is -0.135. The first-order valence-electron chi connectivity index (χ1n) is 4.60. The number of nitrogens with one attached hydrogen (secondary N) is 1. The van der Waals surface area contributed by atoms with Crippen molar-refractivity contribution >= 4 is 23.6 Å². The maximum Gasteiger partial charge on any atom is 0.236 e. The Morgan fingerprint density at radius 2 is 2.36 bits per heavy atom. The van der Waals surface area contributed by atoms with Crippen LogP contribution in [0.5, 0.6) is 0 Å². The first kappa shape index (κ1) is 9.58. The number of rotatable bonds is 1. The first-order valence-corrected chi connectivity index (χ1v) is 5.48. The molecule has 2 aliphatic rings. The van der Waals surface area contributed by atoms with Gasteiger partial charge >= 0.3 is 0 Å². The zero-order valence-corrected chi connectivity index (χ0v) is 8.97. The van der Waals surface area contributed by atoms with Crippen LogP contribution in [0.3, 0.4) is 0 Å². The summed E-state index contributed by atoms with van der Waals surface area (Å²) in [6.07, 6.45) is 2.01. The number of fused-ring (bicyclic) bond motifs is 1. The van der Waals surface area contributed by atoms with Gasteiger partial charge in [0.2, 0.25) is 5.91 Å². The Morgan fingerprint density at radius 3 is 3.00 bits per heavy atom. The second-order valence-corrected chi connectivity index (χ2v) is 4.95. The molecular formula is C9H13N3OS. The van der Waals surface area contributed by atoms with Gasteiger partial charge in [-0.15, -0.1) is 11.8 Å². The van der Waals surface area contributed by atoms with Gasteiger partial charge in [0.1, 0.15) is 5.37 Å². The summed E-state index contributed by atoms with van der Waals surface area (Å²) >= 11 is 1.64. The standard InChI is InChI=1S/C9H13N3OS/c1-4(2)6-3-5-7(13)11-9(10)12-8(5)14-6/h3-5,8H,1-2H3,(H3,10,11,12,13). The van der Waals surface area contributed by atoms with E-state index in [-0.39, 0.29) is 23.2 Å². The molecular weight excluding hydrogens is 198 g/mol. The molecule has 0 aromatic heterocycles. The predicted molar refractivity (Wildman–Crippen MR) is 57.6 cm³/mol. The van der Waals surface area contributed by atoms with Crippen LogP contribution in [-0.4, -0.2) is 17.2 Å². The number of allylic oxidation sites excluding steroid dienone is 1. The van der Waals surface area contributed by atoms with Crippen LogP contribution in [0.1, 0.15) is 13.8 Å². The van der Waals surface area contributed by atoms with Gasteiger partial charge in [0.05, 0.1) is 5.92 Å². The lowest BCUT2D eigenvalue weighted by Crippen LogP contribution is -2.46. The molecule has 0 saturated heterocycles. The molecule has 0 fully saturated rings. The SMILES string of the molecule is CC(C)C1=CC2C(=O)NC(N)=NC2S1. The Balaban J connectivity index is 2.24. The van der Waals surface area contributed by atoms with Crippen molar-refractivity contribution in [2.45, 2.75) is 19.2 Å². The quantitative estimate of drug-likeness (QED) is 0.669. The summed E-state index contributed by atoms with van der Waals surface area (Å²) in [7, 11) is 0. The van der Waals surface area contributed by atoms with Crippen molar-refractivity contribution in [3.05, 3.63) is 11.0 Å². The number of carbonyl (C=O) groups excluding carboxylic acids is 1. The Labute approximate surface area is 87.0 Å². The van der Waals surface area contributed by atoms with Gasteiger partial charge in [-0.25, -0.2) is 4.99 Å². The zero-order chi connectivity index (χ0) is 10.3. The predicted octanol–water partition coefficient (Wildman–Crippen LogP) is 0.660. The monoisotopic (exact) mass is 211 g/mol. The number of hydrogen-bond donors (Lipinski definition) is 2. The zero-order valence-electron chi connectivity index (χ0n) is 8.15. The fraction of sp³-hybridized carbons (Fsp3) is 0.556. The molecule has 0 aliphatic carbocycles. The van der Waals surface area contributed by atoms with E-state index in [0.717, 1.165) is 0 Å². The van der Waals surface area contributed by atoms with Crippen LogP contribution in [0.15, 0.2) is 16.0 Å². The van der Waals surface area contributed by atoms with E-state index in [2.05, 4.69) is 24.2 Å². The highest BCUT2D eigenvalue weighted by molar-refractivity contribution is 8.04. The van der Waals surface area contributed by atoms with E-state index in [9.17, 15) is 4.79 Å². The molecule has 0 spiro atoms. The van der Waals surface area contributed by atoms with E-state index < -0.39 is 0 Å². The van der Waals surface area contributed by atoms with Crippen molar-refractivity contribution in [1.82, 2.24) is 5.32 Å². The summed E-state index contributed by atoms with van der Waals surface area (Å²) in [6.45, 7) is 4.22. The molecule has 3 N–H and O–H groups in total. The van der Waals surface area contributed by atoms with Crippen molar-refractivity contribution in [2.24, 2.45) is 22.6 Å². The first-order chi connectivity index (χ1) is 6.58. The summed E-state index contributed by atoms with van der Waals surface area (Å²) in [4.78, 5) is 17.0. The fourth-order valence-electron chi connectivity index (χ4n) is 1.53. The van der Waals surface area contributed by atoms with E-state index in [1.165, 1.54) is 4.91 Å². The number of nitrogens with two attached hydrogens (primary N) is 1. The van der Waals surface area contributed by atoms with Crippen LogP contribution in [0.4, 0.5) is 0 Å². The van der Waals surface area contributed by atoms with Gasteiger partial charge in [0.15, 0.2) is 5.96 Å². The van der Waals surface area contributed by atoms with Gasteiger partial charge in [0.25, 0.3) is 0 Å². The van der Waals surface area contributed by atoms with Crippen LogP contribution in [0.2, 0.25) is 0 Å². The third kappa shape index (κ3) is 1.52. The third-order valence-corrected chi connectivity index (χ3v) is 3.82. The number of aliphatic imine (C=N–C) groups is 1. The number of amides is 1. The van der Waals surface area contributed by atoms with Crippen LogP contribution < -0.4 is 11.1 Å². The second-order valence-electron chi connectivity index (χ2n) is 3.76.